The van der Waals surface area contributed by atoms with Crippen molar-refractivity contribution in [2.24, 2.45) is 0 Å². The smallest absolute Gasteiger partial charge is 0.406 e. The van der Waals surface area contributed by atoms with E-state index in [2.05, 4.69) is 9.72 Å². The SMILES string of the molecule is CN(Sc1cncc(C#N)c1)[C@H](c1ccc(OC(F)(F)F)cc1)C(F)(F)F. The molecule has 0 fully saturated rings. The third-order valence-corrected chi connectivity index (χ3v) is 4.13. The number of aromatic nitrogens is 1. The summed E-state index contributed by atoms with van der Waals surface area (Å²) in [5.74, 6) is -0.617. The predicted octanol–water partition coefficient (Wildman–Crippen LogP) is 5.09. The van der Waals surface area contributed by atoms with E-state index in [1.807, 2.05) is 6.07 Å². The second kappa shape index (κ2) is 8.06. The van der Waals surface area contributed by atoms with Crippen molar-refractivity contribution in [2.75, 3.05) is 7.05 Å². The number of nitrogens with zero attached hydrogens (tertiary/aromatic N) is 3. The van der Waals surface area contributed by atoms with Gasteiger partial charge in [0.2, 0.25) is 0 Å². The molecule has 0 N–H and O–H groups in total. The maximum atomic E-state index is 13.5. The minimum atomic E-state index is -4.93. The second-order valence-corrected chi connectivity index (χ2v) is 6.45. The Morgan fingerprint density at radius 1 is 1.11 bits per heavy atom. The van der Waals surface area contributed by atoms with Crippen molar-refractivity contribution in [3.63, 3.8) is 0 Å². The molecule has 0 aliphatic carbocycles. The van der Waals surface area contributed by atoms with Crippen LogP contribution in [0.25, 0.3) is 0 Å². The predicted molar refractivity (Wildman–Crippen MR) is 84.5 cm³/mol. The lowest BCUT2D eigenvalue weighted by molar-refractivity contribution is -0.274. The number of hydrogen-bond acceptors (Lipinski definition) is 5. The van der Waals surface area contributed by atoms with Crippen molar-refractivity contribution < 1.29 is 31.1 Å². The van der Waals surface area contributed by atoms with E-state index in [1.54, 1.807) is 0 Å². The van der Waals surface area contributed by atoms with Gasteiger partial charge in [0.15, 0.2) is 0 Å². The molecule has 2 rings (SSSR count). The Labute approximate surface area is 154 Å². The van der Waals surface area contributed by atoms with E-state index in [4.69, 9.17) is 5.26 Å². The maximum absolute atomic E-state index is 13.5. The first-order valence-corrected chi connectivity index (χ1v) is 7.95. The number of rotatable bonds is 5. The van der Waals surface area contributed by atoms with E-state index in [9.17, 15) is 26.3 Å². The van der Waals surface area contributed by atoms with Gasteiger partial charge in [0.25, 0.3) is 0 Å². The third kappa shape index (κ3) is 6.04. The van der Waals surface area contributed by atoms with Crippen LogP contribution < -0.4 is 4.74 Å². The molecule has 0 bridgehead atoms. The summed E-state index contributed by atoms with van der Waals surface area (Å²) in [5.41, 5.74) is -0.0815. The molecule has 0 aliphatic heterocycles. The summed E-state index contributed by atoms with van der Waals surface area (Å²) >= 11 is 0.706. The summed E-state index contributed by atoms with van der Waals surface area (Å²) < 4.78 is 81.7. The summed E-state index contributed by atoms with van der Waals surface area (Å²) in [6, 6.07) is 4.58. The molecule has 0 saturated carbocycles. The molecule has 11 heteroatoms. The fraction of sp³-hybridized carbons (Fsp3) is 0.250. The zero-order valence-electron chi connectivity index (χ0n) is 13.5. The summed E-state index contributed by atoms with van der Waals surface area (Å²) in [7, 11) is 1.18. The van der Waals surface area contributed by atoms with Gasteiger partial charge in [0.1, 0.15) is 17.9 Å². The third-order valence-electron chi connectivity index (χ3n) is 3.19. The maximum Gasteiger partial charge on any atom is 0.573 e. The summed E-state index contributed by atoms with van der Waals surface area (Å²) in [4.78, 5) is 4.08. The monoisotopic (exact) mass is 407 g/mol. The topological polar surface area (TPSA) is 49.2 Å². The molecule has 1 heterocycles. The van der Waals surface area contributed by atoms with Crippen molar-refractivity contribution in [1.82, 2.24) is 9.29 Å². The Balaban J connectivity index is 2.25. The molecule has 0 amide bonds. The summed E-state index contributed by atoms with van der Waals surface area (Å²) in [6.07, 6.45) is -7.06. The fourth-order valence-electron chi connectivity index (χ4n) is 2.21. The van der Waals surface area contributed by atoms with Gasteiger partial charge in [-0.3, -0.25) is 4.98 Å². The number of hydrogen-bond donors (Lipinski definition) is 0. The van der Waals surface area contributed by atoms with Gasteiger partial charge in [-0.1, -0.05) is 12.1 Å². The van der Waals surface area contributed by atoms with Crippen LogP contribution in [0.3, 0.4) is 0 Å². The standard InChI is InChI=1S/C16H11F6N3OS/c1-25(27-13-6-10(7-23)8-24-9-13)14(15(17,18)19)11-2-4-12(5-3-11)26-16(20,21)22/h2-6,8-9,14H,1H3/t14-/m1/s1. The van der Waals surface area contributed by atoms with Gasteiger partial charge in [0, 0.05) is 17.3 Å². The highest BCUT2D eigenvalue weighted by molar-refractivity contribution is 7.97. The van der Waals surface area contributed by atoms with E-state index < -0.39 is 24.3 Å². The van der Waals surface area contributed by atoms with Crippen LogP contribution in [0.5, 0.6) is 5.75 Å². The Morgan fingerprint density at radius 3 is 2.26 bits per heavy atom. The molecule has 0 spiro atoms. The molecule has 0 saturated heterocycles. The summed E-state index contributed by atoms with van der Waals surface area (Å²) in [6.45, 7) is 0. The Hall–Kier alpha value is -2.45. The first-order chi connectivity index (χ1) is 12.5. The van der Waals surface area contributed by atoms with Crippen molar-refractivity contribution in [2.45, 2.75) is 23.5 Å². The summed E-state index contributed by atoms with van der Waals surface area (Å²) in [5, 5.41) is 8.83. The first kappa shape index (κ1) is 20.9. The zero-order chi connectivity index (χ0) is 20.2. The van der Waals surface area contributed by atoms with Gasteiger partial charge in [-0.25, -0.2) is 4.31 Å². The van der Waals surface area contributed by atoms with E-state index in [1.165, 1.54) is 25.5 Å². The average molecular weight is 407 g/mol. The molecular formula is C16H11F6N3OS. The van der Waals surface area contributed by atoms with E-state index in [-0.39, 0.29) is 11.1 Å². The molecule has 4 nitrogen and oxygen atoms in total. The van der Waals surface area contributed by atoms with Crippen molar-refractivity contribution in [1.29, 1.82) is 5.26 Å². The van der Waals surface area contributed by atoms with Crippen LogP contribution in [-0.2, 0) is 0 Å². The van der Waals surface area contributed by atoms with Gasteiger partial charge >= 0.3 is 12.5 Å². The second-order valence-electron chi connectivity index (χ2n) is 5.22. The fourth-order valence-corrected chi connectivity index (χ4v) is 3.17. The van der Waals surface area contributed by atoms with Crippen LogP contribution in [0, 0.1) is 11.3 Å². The lowest BCUT2D eigenvalue weighted by atomic mass is 10.1. The number of alkyl halides is 6. The number of halogens is 6. The van der Waals surface area contributed by atoms with Crippen molar-refractivity contribution >= 4 is 11.9 Å². The largest absolute Gasteiger partial charge is 0.573 e. The van der Waals surface area contributed by atoms with Gasteiger partial charge in [-0.2, -0.15) is 18.4 Å². The van der Waals surface area contributed by atoms with Crippen LogP contribution in [0.1, 0.15) is 17.2 Å². The van der Waals surface area contributed by atoms with Crippen LogP contribution in [0.4, 0.5) is 26.3 Å². The molecule has 1 aromatic carbocycles. The van der Waals surface area contributed by atoms with Crippen LogP contribution in [-0.4, -0.2) is 28.9 Å². The molecule has 1 aromatic heterocycles. The highest BCUT2D eigenvalue weighted by Crippen LogP contribution is 2.42. The van der Waals surface area contributed by atoms with E-state index >= 15 is 0 Å². The molecule has 2 aromatic rings. The number of ether oxygens (including phenoxy) is 1. The molecule has 0 aliphatic rings. The Kier molecular flexibility index (Phi) is 6.22. The molecule has 0 unspecified atom stereocenters. The van der Waals surface area contributed by atoms with Crippen LogP contribution in [0.2, 0.25) is 0 Å². The lowest BCUT2D eigenvalue weighted by Crippen LogP contribution is -2.32. The first-order valence-electron chi connectivity index (χ1n) is 7.18. The minimum Gasteiger partial charge on any atom is -0.406 e. The highest BCUT2D eigenvalue weighted by atomic mass is 32.2. The molecule has 27 heavy (non-hydrogen) atoms. The van der Waals surface area contributed by atoms with Gasteiger partial charge in [-0.05, 0) is 42.8 Å². The minimum absolute atomic E-state index is 0.186. The molecule has 144 valence electrons. The Morgan fingerprint density at radius 2 is 1.74 bits per heavy atom. The highest BCUT2D eigenvalue weighted by Gasteiger charge is 2.44. The van der Waals surface area contributed by atoms with Crippen molar-refractivity contribution in [3.8, 4) is 11.8 Å². The molecular weight excluding hydrogens is 396 g/mol. The Bertz CT molecular complexity index is 817. The number of benzene rings is 1. The lowest BCUT2D eigenvalue weighted by Gasteiger charge is -2.29. The zero-order valence-corrected chi connectivity index (χ0v) is 14.4. The van der Waals surface area contributed by atoms with E-state index in [0.717, 1.165) is 28.6 Å². The number of pyridine rings is 1. The van der Waals surface area contributed by atoms with Gasteiger partial charge < -0.3 is 4.74 Å². The molecule has 1 atom stereocenters. The van der Waals surface area contributed by atoms with Crippen LogP contribution in [0.15, 0.2) is 47.6 Å². The quantitative estimate of drug-likeness (QED) is 0.510. The average Bonchev–Trinajstić information content (AvgIpc) is 2.54. The van der Waals surface area contributed by atoms with Gasteiger partial charge in [0.05, 0.1) is 5.56 Å². The van der Waals surface area contributed by atoms with Gasteiger partial charge in [-0.15, -0.1) is 13.2 Å². The molecule has 0 radical (unpaired) electrons. The van der Waals surface area contributed by atoms with Crippen LogP contribution >= 0.6 is 11.9 Å². The normalized spacial score (nSPS) is 13.3. The van der Waals surface area contributed by atoms with Crippen molar-refractivity contribution in [3.05, 3.63) is 53.9 Å². The van der Waals surface area contributed by atoms with E-state index in [0.29, 0.717) is 16.8 Å². The number of nitriles is 1.